The van der Waals surface area contributed by atoms with Crippen LogP contribution >= 0.6 is 0 Å². The number of aliphatic hydroxyl groups is 1. The second kappa shape index (κ2) is 7.47. The largest absolute Gasteiger partial charge is 0.463 e. The number of halogens is 3. The van der Waals surface area contributed by atoms with Gasteiger partial charge in [-0.2, -0.15) is 13.2 Å². The van der Waals surface area contributed by atoms with Crippen molar-refractivity contribution in [2.24, 2.45) is 5.41 Å². The highest BCUT2D eigenvalue weighted by atomic mass is 19.4. The quantitative estimate of drug-likeness (QED) is 0.726. The molecule has 0 rings (SSSR count). The number of hydrogen-bond donors (Lipinski definition) is 1. The zero-order chi connectivity index (χ0) is 16.0. The van der Waals surface area contributed by atoms with Crippen LogP contribution in [0.3, 0.4) is 0 Å². The summed E-state index contributed by atoms with van der Waals surface area (Å²) in [7, 11) is 0. The summed E-state index contributed by atoms with van der Waals surface area (Å²) in [4.78, 5) is 22.3. The molecule has 0 fully saturated rings. The summed E-state index contributed by atoms with van der Waals surface area (Å²) >= 11 is 0. The highest BCUT2D eigenvalue weighted by molar-refractivity contribution is 5.75. The number of esters is 2. The molecule has 8 heteroatoms. The van der Waals surface area contributed by atoms with Gasteiger partial charge in [-0.3, -0.25) is 9.59 Å². The molecule has 118 valence electrons. The standard InChI is InChI=1S/C12H19F3O5/c1-4-11(2,3)10(18)20-7-8(16)6-19-9(17)5-12(13,14)15/h8,16H,4-7H2,1-3H3. The van der Waals surface area contributed by atoms with E-state index >= 15 is 0 Å². The van der Waals surface area contributed by atoms with E-state index in [-0.39, 0.29) is 0 Å². The van der Waals surface area contributed by atoms with Crippen LogP contribution in [0.2, 0.25) is 0 Å². The third-order valence-electron chi connectivity index (χ3n) is 2.62. The Morgan fingerprint density at radius 3 is 2.10 bits per heavy atom. The lowest BCUT2D eigenvalue weighted by molar-refractivity contribution is -0.174. The third-order valence-corrected chi connectivity index (χ3v) is 2.62. The van der Waals surface area contributed by atoms with Gasteiger partial charge in [0.05, 0.1) is 5.41 Å². The molecule has 0 radical (unpaired) electrons. The summed E-state index contributed by atoms with van der Waals surface area (Å²) in [5.41, 5.74) is -0.716. The summed E-state index contributed by atoms with van der Waals surface area (Å²) in [5, 5.41) is 9.35. The summed E-state index contributed by atoms with van der Waals surface area (Å²) in [5.74, 6) is -2.03. The van der Waals surface area contributed by atoms with Crippen LogP contribution in [0.5, 0.6) is 0 Å². The fourth-order valence-electron chi connectivity index (χ4n) is 0.964. The molecular formula is C12H19F3O5. The van der Waals surface area contributed by atoms with Crippen molar-refractivity contribution in [2.75, 3.05) is 13.2 Å². The van der Waals surface area contributed by atoms with Gasteiger partial charge in [-0.05, 0) is 20.3 Å². The van der Waals surface area contributed by atoms with Gasteiger partial charge >= 0.3 is 18.1 Å². The first-order chi connectivity index (χ1) is 8.98. The predicted octanol–water partition coefficient (Wildman–Crippen LogP) is 1.82. The van der Waals surface area contributed by atoms with Crippen molar-refractivity contribution in [1.82, 2.24) is 0 Å². The minimum Gasteiger partial charge on any atom is -0.463 e. The molecule has 1 unspecified atom stereocenters. The Kier molecular flexibility index (Phi) is 6.98. The highest BCUT2D eigenvalue weighted by Gasteiger charge is 2.32. The average molecular weight is 300 g/mol. The maximum absolute atomic E-state index is 11.8. The molecule has 0 aromatic heterocycles. The lowest BCUT2D eigenvalue weighted by Gasteiger charge is -2.21. The molecule has 0 aliphatic heterocycles. The number of alkyl halides is 3. The smallest absolute Gasteiger partial charge is 0.399 e. The second-order valence-corrected chi connectivity index (χ2v) is 4.96. The van der Waals surface area contributed by atoms with E-state index in [4.69, 9.17) is 4.74 Å². The molecular weight excluding hydrogens is 281 g/mol. The van der Waals surface area contributed by atoms with Crippen LogP contribution in [0, 0.1) is 5.41 Å². The van der Waals surface area contributed by atoms with E-state index in [1.165, 1.54) is 0 Å². The monoisotopic (exact) mass is 300 g/mol. The topological polar surface area (TPSA) is 72.8 Å². The number of carbonyl (C=O) groups excluding carboxylic acids is 2. The maximum atomic E-state index is 11.8. The maximum Gasteiger partial charge on any atom is 0.399 e. The Balaban J connectivity index is 3.99. The van der Waals surface area contributed by atoms with Crippen LogP contribution < -0.4 is 0 Å². The second-order valence-electron chi connectivity index (χ2n) is 4.96. The Bertz CT molecular complexity index is 338. The van der Waals surface area contributed by atoms with Crippen molar-refractivity contribution >= 4 is 11.9 Å². The van der Waals surface area contributed by atoms with Crippen molar-refractivity contribution < 1.29 is 37.3 Å². The molecule has 1 atom stereocenters. The number of ether oxygens (including phenoxy) is 2. The summed E-state index contributed by atoms with van der Waals surface area (Å²) < 4.78 is 44.5. The summed E-state index contributed by atoms with van der Waals surface area (Å²) in [6, 6.07) is 0. The average Bonchev–Trinajstić information content (AvgIpc) is 2.31. The van der Waals surface area contributed by atoms with Crippen molar-refractivity contribution in [3.8, 4) is 0 Å². The number of hydrogen-bond acceptors (Lipinski definition) is 5. The van der Waals surface area contributed by atoms with Crippen LogP contribution in [0.1, 0.15) is 33.6 Å². The van der Waals surface area contributed by atoms with E-state index in [1.54, 1.807) is 20.8 Å². The van der Waals surface area contributed by atoms with Gasteiger partial charge in [-0.25, -0.2) is 0 Å². The fourth-order valence-corrected chi connectivity index (χ4v) is 0.964. The zero-order valence-corrected chi connectivity index (χ0v) is 11.6. The van der Waals surface area contributed by atoms with Gasteiger partial charge in [0.1, 0.15) is 25.7 Å². The lowest BCUT2D eigenvalue weighted by Crippen LogP contribution is -2.31. The Morgan fingerprint density at radius 2 is 1.65 bits per heavy atom. The fraction of sp³-hybridized carbons (Fsp3) is 0.833. The first-order valence-electron chi connectivity index (χ1n) is 6.05. The van der Waals surface area contributed by atoms with E-state index in [0.29, 0.717) is 6.42 Å². The van der Waals surface area contributed by atoms with Crippen molar-refractivity contribution in [2.45, 2.75) is 45.9 Å². The number of aliphatic hydroxyl groups excluding tert-OH is 1. The minimum absolute atomic E-state index is 0.443. The van der Waals surface area contributed by atoms with Crippen LogP contribution in [-0.2, 0) is 19.1 Å². The molecule has 0 heterocycles. The van der Waals surface area contributed by atoms with Gasteiger partial charge in [0.2, 0.25) is 0 Å². The van der Waals surface area contributed by atoms with E-state index in [0.717, 1.165) is 0 Å². The first kappa shape index (κ1) is 18.7. The van der Waals surface area contributed by atoms with Crippen LogP contribution in [-0.4, -0.2) is 42.5 Å². The highest BCUT2D eigenvalue weighted by Crippen LogP contribution is 2.21. The SMILES string of the molecule is CCC(C)(C)C(=O)OCC(O)COC(=O)CC(F)(F)F. The normalized spacial score (nSPS) is 13.8. The van der Waals surface area contributed by atoms with Crippen molar-refractivity contribution in [1.29, 1.82) is 0 Å². The molecule has 5 nitrogen and oxygen atoms in total. The minimum atomic E-state index is -4.65. The molecule has 0 aromatic rings. The molecule has 0 spiro atoms. The van der Waals surface area contributed by atoms with E-state index in [9.17, 15) is 27.9 Å². The molecule has 1 N–H and O–H groups in total. The lowest BCUT2D eigenvalue weighted by atomic mass is 9.91. The van der Waals surface area contributed by atoms with E-state index < -0.39 is 49.3 Å². The van der Waals surface area contributed by atoms with Gasteiger partial charge in [0.25, 0.3) is 0 Å². The van der Waals surface area contributed by atoms with E-state index in [2.05, 4.69) is 4.74 Å². The Morgan fingerprint density at radius 1 is 1.15 bits per heavy atom. The zero-order valence-electron chi connectivity index (χ0n) is 11.6. The van der Waals surface area contributed by atoms with Gasteiger partial charge in [0.15, 0.2) is 0 Å². The predicted molar refractivity (Wildman–Crippen MR) is 62.7 cm³/mol. The molecule has 0 aromatic carbocycles. The number of rotatable bonds is 7. The van der Waals surface area contributed by atoms with Crippen LogP contribution in [0.25, 0.3) is 0 Å². The number of carbonyl (C=O) groups is 2. The summed E-state index contributed by atoms with van der Waals surface area (Å²) in [6.45, 7) is 4.00. The molecule has 0 bridgehead atoms. The third kappa shape index (κ3) is 7.98. The van der Waals surface area contributed by atoms with Gasteiger partial charge in [-0.15, -0.1) is 0 Å². The van der Waals surface area contributed by atoms with Crippen LogP contribution in [0.15, 0.2) is 0 Å². The molecule has 0 amide bonds. The Hall–Kier alpha value is -1.31. The first-order valence-corrected chi connectivity index (χ1v) is 6.05. The molecule has 0 saturated carbocycles. The van der Waals surface area contributed by atoms with Crippen LogP contribution in [0.4, 0.5) is 13.2 Å². The molecule has 0 aliphatic rings. The van der Waals surface area contributed by atoms with E-state index in [1.807, 2.05) is 0 Å². The van der Waals surface area contributed by atoms with Gasteiger partial charge in [0, 0.05) is 0 Å². The Labute approximate surface area is 115 Å². The molecule has 20 heavy (non-hydrogen) atoms. The van der Waals surface area contributed by atoms with Gasteiger partial charge < -0.3 is 14.6 Å². The summed E-state index contributed by atoms with van der Waals surface area (Å²) in [6.07, 6.45) is -7.20. The molecule has 0 aliphatic carbocycles. The van der Waals surface area contributed by atoms with Crippen molar-refractivity contribution in [3.05, 3.63) is 0 Å². The van der Waals surface area contributed by atoms with Gasteiger partial charge in [-0.1, -0.05) is 6.92 Å². The van der Waals surface area contributed by atoms with Crippen molar-refractivity contribution in [3.63, 3.8) is 0 Å². The molecule has 0 saturated heterocycles.